The SMILES string of the molecule is O=C(c1ccncc1)N1CCC(Oc2ncccc2Br)CC1. The lowest BCUT2D eigenvalue weighted by Crippen LogP contribution is -2.41. The normalized spacial score (nSPS) is 15.6. The summed E-state index contributed by atoms with van der Waals surface area (Å²) in [6.45, 7) is 1.38. The van der Waals surface area contributed by atoms with Crippen LogP contribution in [0.4, 0.5) is 0 Å². The van der Waals surface area contributed by atoms with Gasteiger partial charge in [0.15, 0.2) is 0 Å². The molecule has 3 rings (SSSR count). The largest absolute Gasteiger partial charge is 0.473 e. The van der Waals surface area contributed by atoms with Gasteiger partial charge in [-0.2, -0.15) is 0 Å². The number of hydrogen-bond donors (Lipinski definition) is 0. The number of carbonyl (C=O) groups is 1. The topological polar surface area (TPSA) is 55.3 Å². The number of rotatable bonds is 3. The van der Waals surface area contributed by atoms with E-state index < -0.39 is 0 Å². The first-order valence-electron chi connectivity index (χ1n) is 7.20. The van der Waals surface area contributed by atoms with Crippen molar-refractivity contribution in [3.63, 3.8) is 0 Å². The number of piperidine rings is 1. The average molecular weight is 362 g/mol. The summed E-state index contributed by atoms with van der Waals surface area (Å²) in [6, 6.07) is 7.25. The van der Waals surface area contributed by atoms with Crippen molar-refractivity contribution >= 4 is 21.8 Å². The van der Waals surface area contributed by atoms with Gasteiger partial charge in [0, 0.05) is 50.1 Å². The molecular formula is C16H16BrN3O2. The van der Waals surface area contributed by atoms with Crippen molar-refractivity contribution in [1.82, 2.24) is 14.9 Å². The van der Waals surface area contributed by atoms with E-state index >= 15 is 0 Å². The minimum atomic E-state index is 0.0554. The number of carbonyl (C=O) groups excluding carboxylic acids is 1. The van der Waals surface area contributed by atoms with Crippen LogP contribution in [0.25, 0.3) is 0 Å². The van der Waals surface area contributed by atoms with Gasteiger partial charge < -0.3 is 9.64 Å². The van der Waals surface area contributed by atoms with E-state index in [9.17, 15) is 4.79 Å². The maximum Gasteiger partial charge on any atom is 0.253 e. The molecule has 0 aliphatic carbocycles. The minimum Gasteiger partial charge on any atom is -0.473 e. The Morgan fingerprint density at radius 2 is 1.91 bits per heavy atom. The summed E-state index contributed by atoms with van der Waals surface area (Å²) in [7, 11) is 0. The van der Waals surface area contributed by atoms with E-state index in [1.165, 1.54) is 0 Å². The Morgan fingerprint density at radius 1 is 1.18 bits per heavy atom. The molecule has 2 aromatic rings. The van der Waals surface area contributed by atoms with Gasteiger partial charge in [0.1, 0.15) is 6.10 Å². The predicted molar refractivity (Wildman–Crippen MR) is 85.7 cm³/mol. The molecule has 0 unspecified atom stereocenters. The highest BCUT2D eigenvalue weighted by Crippen LogP contribution is 2.25. The number of pyridine rings is 2. The first kappa shape index (κ1) is 15.0. The summed E-state index contributed by atoms with van der Waals surface area (Å²) in [4.78, 5) is 22.4. The summed E-state index contributed by atoms with van der Waals surface area (Å²) in [5, 5.41) is 0. The summed E-state index contributed by atoms with van der Waals surface area (Å²) in [5.41, 5.74) is 0.682. The number of ether oxygens (including phenoxy) is 1. The summed E-state index contributed by atoms with van der Waals surface area (Å²) >= 11 is 3.43. The van der Waals surface area contributed by atoms with Crippen molar-refractivity contribution in [3.8, 4) is 5.88 Å². The fraction of sp³-hybridized carbons (Fsp3) is 0.312. The first-order chi connectivity index (χ1) is 10.7. The summed E-state index contributed by atoms with van der Waals surface area (Å²) in [6.07, 6.45) is 6.69. The van der Waals surface area contributed by atoms with E-state index in [0.29, 0.717) is 24.5 Å². The van der Waals surface area contributed by atoms with E-state index in [1.807, 2.05) is 17.0 Å². The van der Waals surface area contributed by atoms with Crippen LogP contribution in [0, 0.1) is 0 Å². The molecule has 1 fully saturated rings. The van der Waals surface area contributed by atoms with Gasteiger partial charge in [-0.3, -0.25) is 9.78 Å². The molecule has 1 amide bonds. The molecule has 0 spiro atoms. The molecule has 0 aromatic carbocycles. The lowest BCUT2D eigenvalue weighted by Gasteiger charge is -2.32. The Hall–Kier alpha value is -1.95. The molecule has 0 bridgehead atoms. The van der Waals surface area contributed by atoms with Gasteiger partial charge in [0.05, 0.1) is 4.47 Å². The smallest absolute Gasteiger partial charge is 0.253 e. The average Bonchev–Trinajstić information content (AvgIpc) is 2.58. The van der Waals surface area contributed by atoms with Gasteiger partial charge in [-0.25, -0.2) is 4.98 Å². The Kier molecular flexibility index (Phi) is 4.68. The van der Waals surface area contributed by atoms with Crippen LogP contribution in [0.15, 0.2) is 47.3 Å². The third kappa shape index (κ3) is 3.44. The molecule has 2 aromatic heterocycles. The zero-order valence-corrected chi connectivity index (χ0v) is 13.6. The van der Waals surface area contributed by atoms with Crippen LogP contribution in [0.3, 0.4) is 0 Å². The van der Waals surface area contributed by atoms with Gasteiger partial charge in [0.25, 0.3) is 5.91 Å². The molecule has 1 aliphatic rings. The van der Waals surface area contributed by atoms with Gasteiger partial charge in [0.2, 0.25) is 5.88 Å². The Balaban J connectivity index is 1.57. The molecule has 0 radical (unpaired) electrons. The van der Waals surface area contributed by atoms with E-state index in [-0.39, 0.29) is 12.0 Å². The summed E-state index contributed by atoms with van der Waals surface area (Å²) < 4.78 is 6.77. The molecule has 6 heteroatoms. The highest BCUT2D eigenvalue weighted by atomic mass is 79.9. The second-order valence-corrected chi connectivity index (χ2v) is 5.99. The molecule has 22 heavy (non-hydrogen) atoms. The zero-order valence-electron chi connectivity index (χ0n) is 12.0. The molecule has 5 nitrogen and oxygen atoms in total. The van der Waals surface area contributed by atoms with Gasteiger partial charge in [-0.05, 0) is 40.2 Å². The van der Waals surface area contributed by atoms with Crippen molar-refractivity contribution < 1.29 is 9.53 Å². The van der Waals surface area contributed by atoms with Crippen LogP contribution >= 0.6 is 15.9 Å². The highest BCUT2D eigenvalue weighted by Gasteiger charge is 2.25. The van der Waals surface area contributed by atoms with Crippen LogP contribution in [-0.4, -0.2) is 40.0 Å². The monoisotopic (exact) mass is 361 g/mol. The Morgan fingerprint density at radius 3 is 2.59 bits per heavy atom. The highest BCUT2D eigenvalue weighted by molar-refractivity contribution is 9.10. The zero-order chi connectivity index (χ0) is 15.4. The van der Waals surface area contributed by atoms with Crippen LogP contribution in [0.5, 0.6) is 5.88 Å². The Bertz CT molecular complexity index is 643. The van der Waals surface area contributed by atoms with E-state index in [0.717, 1.165) is 17.3 Å². The number of halogens is 1. The van der Waals surface area contributed by atoms with Crippen molar-refractivity contribution in [3.05, 3.63) is 52.9 Å². The molecular weight excluding hydrogens is 346 g/mol. The number of amides is 1. The fourth-order valence-corrected chi connectivity index (χ4v) is 2.82. The van der Waals surface area contributed by atoms with Crippen LogP contribution < -0.4 is 4.74 Å². The van der Waals surface area contributed by atoms with Crippen LogP contribution in [-0.2, 0) is 0 Å². The third-order valence-corrected chi connectivity index (χ3v) is 4.26. The van der Waals surface area contributed by atoms with Crippen molar-refractivity contribution in [2.45, 2.75) is 18.9 Å². The van der Waals surface area contributed by atoms with Crippen molar-refractivity contribution in [2.75, 3.05) is 13.1 Å². The van der Waals surface area contributed by atoms with Gasteiger partial charge >= 0.3 is 0 Å². The van der Waals surface area contributed by atoms with Crippen molar-refractivity contribution in [2.24, 2.45) is 0 Å². The number of hydrogen-bond acceptors (Lipinski definition) is 4. The standard InChI is InChI=1S/C16H16BrN3O2/c17-14-2-1-7-19-15(14)22-13-5-10-20(11-6-13)16(21)12-3-8-18-9-4-12/h1-4,7-9,13H,5-6,10-11H2. The molecule has 1 saturated heterocycles. The van der Waals surface area contributed by atoms with Gasteiger partial charge in [-0.1, -0.05) is 0 Å². The number of likely N-dealkylation sites (tertiary alicyclic amines) is 1. The number of nitrogens with zero attached hydrogens (tertiary/aromatic N) is 3. The van der Waals surface area contributed by atoms with E-state index in [2.05, 4.69) is 25.9 Å². The second kappa shape index (κ2) is 6.87. The molecule has 114 valence electrons. The third-order valence-electron chi connectivity index (χ3n) is 3.66. The predicted octanol–water partition coefficient (Wildman–Crippen LogP) is 2.92. The molecule has 0 saturated carbocycles. The Labute approximate surface area is 137 Å². The quantitative estimate of drug-likeness (QED) is 0.843. The molecule has 0 atom stereocenters. The van der Waals surface area contributed by atoms with Gasteiger partial charge in [-0.15, -0.1) is 0 Å². The lowest BCUT2D eigenvalue weighted by atomic mass is 10.1. The molecule has 1 aliphatic heterocycles. The fourth-order valence-electron chi connectivity index (χ4n) is 2.47. The first-order valence-corrected chi connectivity index (χ1v) is 8.00. The second-order valence-electron chi connectivity index (χ2n) is 5.14. The molecule has 3 heterocycles. The van der Waals surface area contributed by atoms with E-state index in [1.54, 1.807) is 30.7 Å². The van der Waals surface area contributed by atoms with E-state index in [4.69, 9.17) is 4.74 Å². The maximum absolute atomic E-state index is 12.4. The van der Waals surface area contributed by atoms with Crippen molar-refractivity contribution in [1.29, 1.82) is 0 Å². The number of aromatic nitrogens is 2. The lowest BCUT2D eigenvalue weighted by molar-refractivity contribution is 0.0586. The molecule has 0 N–H and O–H groups in total. The van der Waals surface area contributed by atoms with Crippen LogP contribution in [0.2, 0.25) is 0 Å². The minimum absolute atomic E-state index is 0.0554. The maximum atomic E-state index is 12.4. The van der Waals surface area contributed by atoms with Crippen LogP contribution in [0.1, 0.15) is 23.2 Å². The summed E-state index contributed by atoms with van der Waals surface area (Å²) in [5.74, 6) is 0.668.